The standard InChI is InChI=1S/C10H7BrN4S/c11-8-1-2-16-9(8)5-15-10-6-13-7(3-12)4-14-10/h1-2,4,6H,5H2,(H,14,15). The van der Waals surface area contributed by atoms with Crippen molar-refractivity contribution in [3.05, 3.63) is 38.9 Å². The van der Waals surface area contributed by atoms with E-state index in [1.165, 1.54) is 11.1 Å². The molecule has 0 aromatic carbocycles. The van der Waals surface area contributed by atoms with Crippen molar-refractivity contribution in [1.82, 2.24) is 9.97 Å². The number of aromatic nitrogens is 2. The summed E-state index contributed by atoms with van der Waals surface area (Å²) in [6, 6.07) is 3.93. The van der Waals surface area contributed by atoms with Crippen LogP contribution in [0.3, 0.4) is 0 Å². The summed E-state index contributed by atoms with van der Waals surface area (Å²) in [5, 5.41) is 13.7. The van der Waals surface area contributed by atoms with E-state index in [9.17, 15) is 0 Å². The molecule has 0 saturated carbocycles. The van der Waals surface area contributed by atoms with Crippen LogP contribution in [0.5, 0.6) is 0 Å². The highest BCUT2D eigenvalue weighted by molar-refractivity contribution is 9.10. The molecule has 0 bridgehead atoms. The monoisotopic (exact) mass is 294 g/mol. The average Bonchev–Trinajstić information content (AvgIpc) is 2.73. The predicted molar refractivity (Wildman–Crippen MR) is 66.1 cm³/mol. The van der Waals surface area contributed by atoms with Crippen LogP contribution in [0.1, 0.15) is 10.6 Å². The highest BCUT2D eigenvalue weighted by Gasteiger charge is 2.01. The topological polar surface area (TPSA) is 61.6 Å². The van der Waals surface area contributed by atoms with Crippen molar-refractivity contribution in [3.8, 4) is 6.07 Å². The fraction of sp³-hybridized carbons (Fsp3) is 0.100. The second kappa shape index (κ2) is 5.05. The van der Waals surface area contributed by atoms with Crippen LogP contribution < -0.4 is 5.32 Å². The highest BCUT2D eigenvalue weighted by Crippen LogP contribution is 2.23. The van der Waals surface area contributed by atoms with E-state index in [1.54, 1.807) is 17.5 Å². The Balaban J connectivity index is 2.00. The maximum absolute atomic E-state index is 8.57. The van der Waals surface area contributed by atoms with E-state index in [0.717, 1.165) is 4.47 Å². The summed E-state index contributed by atoms with van der Waals surface area (Å²) in [7, 11) is 0. The molecule has 2 aromatic heterocycles. The maximum Gasteiger partial charge on any atom is 0.158 e. The normalized spacial score (nSPS) is 9.75. The van der Waals surface area contributed by atoms with E-state index in [-0.39, 0.29) is 0 Å². The number of thiophene rings is 1. The van der Waals surface area contributed by atoms with E-state index in [1.807, 2.05) is 17.5 Å². The Morgan fingerprint density at radius 3 is 2.88 bits per heavy atom. The van der Waals surface area contributed by atoms with Crippen molar-refractivity contribution in [2.75, 3.05) is 5.32 Å². The number of nitrogens with zero attached hydrogens (tertiary/aromatic N) is 3. The molecule has 0 unspecified atom stereocenters. The fourth-order valence-corrected chi connectivity index (χ4v) is 2.53. The van der Waals surface area contributed by atoms with Crippen LogP contribution in [0, 0.1) is 11.3 Å². The van der Waals surface area contributed by atoms with Crippen LogP contribution in [-0.4, -0.2) is 9.97 Å². The molecule has 80 valence electrons. The van der Waals surface area contributed by atoms with Gasteiger partial charge in [-0.1, -0.05) is 0 Å². The molecule has 0 atom stereocenters. The molecule has 0 radical (unpaired) electrons. The van der Waals surface area contributed by atoms with Crippen molar-refractivity contribution >= 4 is 33.1 Å². The Bertz CT molecular complexity index is 514. The molecule has 0 aliphatic carbocycles. The Hall–Kier alpha value is -1.45. The first kappa shape index (κ1) is 11.0. The van der Waals surface area contributed by atoms with E-state index >= 15 is 0 Å². The van der Waals surface area contributed by atoms with Gasteiger partial charge in [-0.3, -0.25) is 0 Å². The Morgan fingerprint density at radius 2 is 2.31 bits per heavy atom. The van der Waals surface area contributed by atoms with Gasteiger partial charge in [-0.15, -0.1) is 11.3 Å². The van der Waals surface area contributed by atoms with Gasteiger partial charge in [0.2, 0.25) is 0 Å². The van der Waals surface area contributed by atoms with Gasteiger partial charge in [0.15, 0.2) is 5.69 Å². The fourth-order valence-electron chi connectivity index (χ4n) is 1.10. The van der Waals surface area contributed by atoms with Gasteiger partial charge in [0.25, 0.3) is 0 Å². The highest BCUT2D eigenvalue weighted by atomic mass is 79.9. The zero-order valence-corrected chi connectivity index (χ0v) is 10.5. The molecule has 0 aliphatic heterocycles. The predicted octanol–water partition coefficient (Wildman–Crippen LogP) is 2.78. The Labute approximate surface area is 105 Å². The van der Waals surface area contributed by atoms with E-state index < -0.39 is 0 Å². The number of halogens is 1. The number of hydrogen-bond acceptors (Lipinski definition) is 5. The first-order valence-electron chi connectivity index (χ1n) is 4.47. The number of anilines is 1. The molecular weight excluding hydrogens is 288 g/mol. The molecule has 0 fully saturated rings. The minimum absolute atomic E-state index is 0.322. The summed E-state index contributed by atoms with van der Waals surface area (Å²) in [5.74, 6) is 0.666. The molecule has 2 heterocycles. The van der Waals surface area contributed by atoms with Gasteiger partial charge < -0.3 is 5.32 Å². The molecular formula is C10H7BrN4S. The number of nitriles is 1. The second-order valence-corrected chi connectivity index (χ2v) is 4.80. The molecule has 0 aliphatic rings. The second-order valence-electron chi connectivity index (χ2n) is 2.94. The molecule has 16 heavy (non-hydrogen) atoms. The van der Waals surface area contributed by atoms with Crippen LogP contribution in [0.2, 0.25) is 0 Å². The van der Waals surface area contributed by atoms with Crippen molar-refractivity contribution in [3.63, 3.8) is 0 Å². The van der Waals surface area contributed by atoms with Crippen molar-refractivity contribution in [2.45, 2.75) is 6.54 Å². The Morgan fingerprint density at radius 1 is 1.44 bits per heavy atom. The van der Waals surface area contributed by atoms with Crippen molar-refractivity contribution < 1.29 is 0 Å². The summed E-state index contributed by atoms with van der Waals surface area (Å²) in [6.45, 7) is 0.693. The number of hydrogen-bond donors (Lipinski definition) is 1. The van der Waals surface area contributed by atoms with E-state index in [2.05, 4.69) is 31.2 Å². The maximum atomic E-state index is 8.57. The largest absolute Gasteiger partial charge is 0.364 e. The third kappa shape index (κ3) is 2.56. The lowest BCUT2D eigenvalue weighted by Crippen LogP contribution is -2.01. The molecule has 0 spiro atoms. The van der Waals surface area contributed by atoms with E-state index in [0.29, 0.717) is 18.1 Å². The quantitative estimate of drug-likeness (QED) is 0.945. The van der Waals surface area contributed by atoms with Gasteiger partial charge in [-0.2, -0.15) is 5.26 Å². The first-order chi connectivity index (χ1) is 7.79. The summed E-state index contributed by atoms with van der Waals surface area (Å²) < 4.78 is 1.09. The lowest BCUT2D eigenvalue weighted by molar-refractivity contribution is 1.09. The lowest BCUT2D eigenvalue weighted by Gasteiger charge is -2.03. The van der Waals surface area contributed by atoms with Crippen molar-refractivity contribution in [1.29, 1.82) is 5.26 Å². The minimum Gasteiger partial charge on any atom is -0.364 e. The zero-order chi connectivity index (χ0) is 11.4. The van der Waals surface area contributed by atoms with E-state index in [4.69, 9.17) is 5.26 Å². The van der Waals surface area contributed by atoms with Gasteiger partial charge in [0.1, 0.15) is 11.9 Å². The summed E-state index contributed by atoms with van der Waals surface area (Å²) in [5.41, 5.74) is 0.322. The van der Waals surface area contributed by atoms with Gasteiger partial charge in [-0.25, -0.2) is 9.97 Å². The van der Waals surface area contributed by atoms with Gasteiger partial charge in [0.05, 0.1) is 18.9 Å². The summed E-state index contributed by atoms with van der Waals surface area (Å²) >= 11 is 5.12. The van der Waals surface area contributed by atoms with Crippen molar-refractivity contribution in [2.24, 2.45) is 0 Å². The molecule has 1 N–H and O–H groups in total. The van der Waals surface area contributed by atoms with Crippen LogP contribution in [0.4, 0.5) is 5.82 Å². The zero-order valence-electron chi connectivity index (χ0n) is 8.14. The number of rotatable bonds is 3. The Kier molecular flexibility index (Phi) is 3.49. The molecule has 6 heteroatoms. The first-order valence-corrected chi connectivity index (χ1v) is 6.15. The van der Waals surface area contributed by atoms with Gasteiger partial charge >= 0.3 is 0 Å². The summed E-state index contributed by atoms with van der Waals surface area (Å²) in [6.07, 6.45) is 3.01. The average molecular weight is 295 g/mol. The summed E-state index contributed by atoms with van der Waals surface area (Å²) in [4.78, 5) is 9.20. The third-order valence-corrected chi connectivity index (χ3v) is 3.81. The van der Waals surface area contributed by atoms with Crippen LogP contribution in [-0.2, 0) is 6.54 Å². The van der Waals surface area contributed by atoms with Crippen LogP contribution >= 0.6 is 27.3 Å². The van der Waals surface area contributed by atoms with Crippen LogP contribution in [0.25, 0.3) is 0 Å². The minimum atomic E-state index is 0.322. The molecule has 0 saturated heterocycles. The smallest absolute Gasteiger partial charge is 0.158 e. The lowest BCUT2D eigenvalue weighted by atomic mass is 10.4. The van der Waals surface area contributed by atoms with Gasteiger partial charge in [-0.05, 0) is 27.4 Å². The molecule has 0 amide bonds. The molecule has 2 rings (SSSR count). The van der Waals surface area contributed by atoms with Crippen LogP contribution in [0.15, 0.2) is 28.3 Å². The molecule has 2 aromatic rings. The van der Waals surface area contributed by atoms with Gasteiger partial charge in [0, 0.05) is 9.35 Å². The number of nitrogens with one attached hydrogen (secondary N) is 1. The molecule has 4 nitrogen and oxygen atoms in total. The SMILES string of the molecule is N#Cc1cnc(NCc2sccc2Br)cn1. The third-order valence-electron chi connectivity index (χ3n) is 1.89.